The Balaban J connectivity index is 1.14. The summed E-state index contributed by atoms with van der Waals surface area (Å²) in [5, 5.41) is 0. The molecule has 0 fully saturated rings. The molecule has 59 heavy (non-hydrogen) atoms. The van der Waals surface area contributed by atoms with Crippen LogP contribution < -0.4 is 4.74 Å². The lowest BCUT2D eigenvalue weighted by molar-refractivity contribution is 0.436. The van der Waals surface area contributed by atoms with E-state index >= 15 is 0 Å². The molecule has 0 bridgehead atoms. The zero-order chi connectivity index (χ0) is 39.3. The molecular formula is C55H37N3O. The topological polar surface area (TPSA) is 47.9 Å². The Morgan fingerprint density at radius 1 is 0.339 bits per heavy atom. The average Bonchev–Trinajstić information content (AvgIpc) is 3.72. The number of ether oxygens (including phenoxy) is 1. The van der Waals surface area contributed by atoms with Crippen LogP contribution in [-0.4, -0.2) is 15.0 Å². The number of para-hydroxylation sites is 2. The van der Waals surface area contributed by atoms with Gasteiger partial charge in [0, 0.05) is 33.2 Å². The van der Waals surface area contributed by atoms with Crippen molar-refractivity contribution in [2.75, 3.05) is 0 Å². The third kappa shape index (κ3) is 4.80. The molecule has 12 rings (SSSR count). The first-order valence-electron chi connectivity index (χ1n) is 20.3. The fraction of sp³-hybridized carbons (Fsp3) is 0.0727. The van der Waals surface area contributed by atoms with Crippen LogP contribution in [0.1, 0.15) is 47.2 Å². The largest absolute Gasteiger partial charge is 0.457 e. The fourth-order valence-corrected chi connectivity index (χ4v) is 10.1. The Labute approximate surface area is 343 Å². The summed E-state index contributed by atoms with van der Waals surface area (Å²) in [5.41, 5.74) is 16.7. The third-order valence-corrected chi connectivity index (χ3v) is 12.8. The Hall–Kier alpha value is -7.43. The lowest BCUT2D eigenvalue weighted by atomic mass is 9.66. The van der Waals surface area contributed by atoms with E-state index < -0.39 is 5.41 Å². The fourth-order valence-electron chi connectivity index (χ4n) is 10.1. The summed E-state index contributed by atoms with van der Waals surface area (Å²) in [6, 6.07) is 67.0. The van der Waals surface area contributed by atoms with Crippen molar-refractivity contribution in [3.63, 3.8) is 0 Å². The van der Waals surface area contributed by atoms with E-state index in [2.05, 4.69) is 166 Å². The summed E-state index contributed by atoms with van der Waals surface area (Å²) in [5.74, 6) is 3.62. The van der Waals surface area contributed by atoms with Gasteiger partial charge in [-0.3, -0.25) is 0 Å². The zero-order valence-corrected chi connectivity index (χ0v) is 32.6. The van der Waals surface area contributed by atoms with Crippen molar-refractivity contribution >= 4 is 0 Å². The van der Waals surface area contributed by atoms with Crippen molar-refractivity contribution in [2.24, 2.45) is 0 Å². The van der Waals surface area contributed by atoms with Gasteiger partial charge in [-0.15, -0.1) is 0 Å². The highest BCUT2D eigenvalue weighted by Crippen LogP contribution is 2.63. The zero-order valence-electron chi connectivity index (χ0n) is 32.6. The molecule has 1 aliphatic heterocycles. The molecule has 0 radical (unpaired) electrons. The van der Waals surface area contributed by atoms with Crippen molar-refractivity contribution in [1.82, 2.24) is 15.0 Å². The molecule has 3 aliphatic rings. The summed E-state index contributed by atoms with van der Waals surface area (Å²) in [4.78, 5) is 15.6. The Bertz CT molecular complexity index is 3070. The second-order valence-corrected chi connectivity index (χ2v) is 16.3. The predicted molar refractivity (Wildman–Crippen MR) is 237 cm³/mol. The van der Waals surface area contributed by atoms with Crippen LogP contribution in [0.5, 0.6) is 11.5 Å². The van der Waals surface area contributed by atoms with Gasteiger partial charge >= 0.3 is 0 Å². The molecule has 4 nitrogen and oxygen atoms in total. The highest BCUT2D eigenvalue weighted by Gasteiger charge is 2.52. The molecule has 2 heterocycles. The third-order valence-electron chi connectivity index (χ3n) is 12.8. The maximum Gasteiger partial charge on any atom is 0.164 e. The molecule has 1 spiro atoms. The monoisotopic (exact) mass is 755 g/mol. The van der Waals surface area contributed by atoms with Gasteiger partial charge in [0.2, 0.25) is 0 Å². The summed E-state index contributed by atoms with van der Waals surface area (Å²) in [6.07, 6.45) is 0. The van der Waals surface area contributed by atoms with Gasteiger partial charge in [0.05, 0.1) is 5.41 Å². The van der Waals surface area contributed by atoms with Gasteiger partial charge in [0.25, 0.3) is 0 Å². The molecule has 0 N–H and O–H groups in total. The Kier molecular flexibility index (Phi) is 7.16. The van der Waals surface area contributed by atoms with Crippen molar-refractivity contribution in [3.8, 4) is 79.0 Å². The number of hydrogen-bond acceptors (Lipinski definition) is 4. The number of aromatic nitrogens is 3. The molecule has 0 atom stereocenters. The van der Waals surface area contributed by atoms with Gasteiger partial charge in [0.15, 0.2) is 17.5 Å². The lowest BCUT2D eigenvalue weighted by Gasteiger charge is -2.39. The van der Waals surface area contributed by atoms with E-state index in [9.17, 15) is 0 Å². The van der Waals surface area contributed by atoms with Crippen LogP contribution in [0.3, 0.4) is 0 Å². The van der Waals surface area contributed by atoms with Crippen LogP contribution in [0.15, 0.2) is 188 Å². The van der Waals surface area contributed by atoms with Gasteiger partial charge < -0.3 is 4.74 Å². The van der Waals surface area contributed by atoms with E-state index in [4.69, 9.17) is 19.7 Å². The number of rotatable bonds is 4. The minimum absolute atomic E-state index is 0.108. The highest BCUT2D eigenvalue weighted by molar-refractivity contribution is 5.97. The maximum absolute atomic E-state index is 6.69. The van der Waals surface area contributed by atoms with Gasteiger partial charge in [-0.25, -0.2) is 15.0 Å². The van der Waals surface area contributed by atoms with Crippen molar-refractivity contribution < 1.29 is 4.74 Å². The highest BCUT2D eigenvalue weighted by atomic mass is 16.5. The molecule has 0 amide bonds. The molecule has 8 aromatic carbocycles. The number of nitrogens with zero attached hydrogens (tertiary/aromatic N) is 3. The molecule has 278 valence electrons. The minimum Gasteiger partial charge on any atom is -0.457 e. The second kappa shape index (κ2) is 12.5. The smallest absolute Gasteiger partial charge is 0.164 e. The van der Waals surface area contributed by atoms with E-state index in [1.165, 1.54) is 38.9 Å². The number of benzene rings is 8. The summed E-state index contributed by atoms with van der Waals surface area (Å²) in [7, 11) is 0. The van der Waals surface area contributed by atoms with Crippen molar-refractivity contribution in [1.29, 1.82) is 0 Å². The Morgan fingerprint density at radius 3 is 1.53 bits per heavy atom. The average molecular weight is 756 g/mol. The second-order valence-electron chi connectivity index (χ2n) is 16.3. The van der Waals surface area contributed by atoms with E-state index in [1.807, 2.05) is 36.4 Å². The van der Waals surface area contributed by atoms with Gasteiger partial charge in [-0.1, -0.05) is 178 Å². The quantitative estimate of drug-likeness (QED) is 0.179. The van der Waals surface area contributed by atoms with Crippen LogP contribution in [-0.2, 0) is 10.8 Å². The Morgan fingerprint density at radius 2 is 0.847 bits per heavy atom. The van der Waals surface area contributed by atoms with E-state index in [0.29, 0.717) is 17.5 Å². The van der Waals surface area contributed by atoms with Crippen molar-refractivity contribution in [3.05, 3.63) is 221 Å². The van der Waals surface area contributed by atoms with Crippen LogP contribution in [0.2, 0.25) is 0 Å². The molecule has 9 aromatic rings. The number of fused-ring (bicyclic) bond motifs is 12. The van der Waals surface area contributed by atoms with E-state index in [1.54, 1.807) is 0 Å². The molecule has 0 saturated carbocycles. The first-order valence-corrected chi connectivity index (χ1v) is 20.3. The lowest BCUT2D eigenvalue weighted by Crippen LogP contribution is -2.32. The minimum atomic E-state index is -0.649. The van der Waals surface area contributed by atoms with Crippen LogP contribution in [0, 0.1) is 0 Å². The van der Waals surface area contributed by atoms with Crippen LogP contribution in [0.25, 0.3) is 67.5 Å². The van der Waals surface area contributed by atoms with Gasteiger partial charge in [-0.05, 0) is 79.9 Å². The molecule has 0 unspecified atom stereocenters. The summed E-state index contributed by atoms with van der Waals surface area (Å²) in [6.45, 7) is 4.69. The van der Waals surface area contributed by atoms with Crippen molar-refractivity contribution in [2.45, 2.75) is 24.7 Å². The van der Waals surface area contributed by atoms with Crippen LogP contribution >= 0.6 is 0 Å². The summed E-state index contributed by atoms with van der Waals surface area (Å²) < 4.78 is 6.69. The van der Waals surface area contributed by atoms with Gasteiger partial charge in [-0.2, -0.15) is 0 Å². The molecule has 1 aromatic heterocycles. The standard InChI is InChI=1S/C55H37N3O/c1-54(2)42-22-10-9-20-38(42)39-30-28-37(33-47(39)54)36-29-31-43-41(32-36)50-40(53-57-51(34-16-5-3-6-17-34)56-52(58-53)35-18-7-4-8-19-35)21-15-25-46(50)55(43)44-23-11-13-26-48(44)59-49-27-14-12-24-45(49)55/h3-33H,1-2H3. The SMILES string of the molecule is CC1(C)c2ccccc2-c2ccc(-c3ccc4c(c3)-c3c(-c5nc(-c6ccccc6)nc(-c6ccccc6)n5)cccc3C43c4ccccc4Oc4ccccc43)cc21. The predicted octanol–water partition coefficient (Wildman–Crippen LogP) is 13.3. The molecule has 2 aliphatic carbocycles. The molecule has 4 heteroatoms. The summed E-state index contributed by atoms with van der Waals surface area (Å²) >= 11 is 0. The van der Waals surface area contributed by atoms with E-state index in [-0.39, 0.29) is 5.41 Å². The van der Waals surface area contributed by atoms with Gasteiger partial charge in [0.1, 0.15) is 11.5 Å². The van der Waals surface area contributed by atoms with Crippen LogP contribution in [0.4, 0.5) is 0 Å². The first-order chi connectivity index (χ1) is 29.0. The molecule has 0 saturated heterocycles. The first kappa shape index (κ1) is 33.7. The van der Waals surface area contributed by atoms with E-state index in [0.717, 1.165) is 56.0 Å². The number of hydrogen-bond donors (Lipinski definition) is 0. The maximum atomic E-state index is 6.69. The normalized spacial score (nSPS) is 14.3. The molecular weight excluding hydrogens is 719 g/mol.